The van der Waals surface area contributed by atoms with Crippen LogP contribution >= 0.6 is 11.6 Å². The minimum absolute atomic E-state index is 0.171. The summed E-state index contributed by atoms with van der Waals surface area (Å²) < 4.78 is 0. The second-order valence-electron chi connectivity index (χ2n) is 4.29. The quantitative estimate of drug-likeness (QED) is 0.863. The molecule has 1 N–H and O–H groups in total. The smallest absolute Gasteiger partial charge is 0.306 e. The number of nitrogens with zero attached hydrogens (tertiary/aromatic N) is 1. The van der Waals surface area contributed by atoms with Gasteiger partial charge in [-0.1, -0.05) is 11.6 Å². The number of aliphatic carboxylic acids is 1. The number of carboxylic acids is 1. The molecule has 4 heteroatoms. The van der Waals surface area contributed by atoms with Gasteiger partial charge in [0.15, 0.2) is 0 Å². The zero-order valence-electron chi connectivity index (χ0n) is 8.90. The average molecular weight is 240 g/mol. The third-order valence-electron chi connectivity index (χ3n) is 3.24. The van der Waals surface area contributed by atoms with Crippen LogP contribution in [0.2, 0.25) is 5.02 Å². The van der Waals surface area contributed by atoms with Crippen LogP contribution < -0.4 is 0 Å². The number of pyridine rings is 1. The molecule has 2 rings (SSSR count). The number of carbonyl (C=O) groups is 1. The Morgan fingerprint density at radius 2 is 2.06 bits per heavy atom. The first-order chi connectivity index (χ1) is 7.66. The number of aromatic nitrogens is 1. The molecule has 0 aromatic carbocycles. The lowest BCUT2D eigenvalue weighted by molar-refractivity contribution is -0.142. The topological polar surface area (TPSA) is 50.2 Å². The third kappa shape index (κ3) is 2.53. The SMILES string of the molecule is O=C(O)C1CCC(c2cc(Cl)ccn2)CC1. The van der Waals surface area contributed by atoms with Crippen molar-refractivity contribution in [3.8, 4) is 0 Å². The molecule has 0 bridgehead atoms. The molecule has 0 unspecified atom stereocenters. The van der Waals surface area contributed by atoms with Gasteiger partial charge in [0, 0.05) is 22.8 Å². The van der Waals surface area contributed by atoms with Gasteiger partial charge in [-0.25, -0.2) is 0 Å². The lowest BCUT2D eigenvalue weighted by atomic mass is 9.80. The van der Waals surface area contributed by atoms with Crippen molar-refractivity contribution in [3.63, 3.8) is 0 Å². The summed E-state index contributed by atoms with van der Waals surface area (Å²) >= 11 is 5.91. The van der Waals surface area contributed by atoms with E-state index in [2.05, 4.69) is 4.98 Å². The normalized spacial score (nSPS) is 25.3. The zero-order chi connectivity index (χ0) is 11.5. The van der Waals surface area contributed by atoms with E-state index in [9.17, 15) is 4.79 Å². The van der Waals surface area contributed by atoms with E-state index in [1.807, 2.05) is 6.07 Å². The van der Waals surface area contributed by atoms with Gasteiger partial charge in [-0.05, 0) is 37.8 Å². The van der Waals surface area contributed by atoms with Crippen LogP contribution in [0.15, 0.2) is 18.3 Å². The fourth-order valence-electron chi connectivity index (χ4n) is 2.28. The first kappa shape index (κ1) is 11.4. The first-order valence-corrected chi connectivity index (χ1v) is 5.89. The van der Waals surface area contributed by atoms with Crippen molar-refractivity contribution in [3.05, 3.63) is 29.0 Å². The molecule has 0 aliphatic heterocycles. The summed E-state index contributed by atoms with van der Waals surface area (Å²) in [6, 6.07) is 3.64. The van der Waals surface area contributed by atoms with E-state index < -0.39 is 5.97 Å². The second kappa shape index (κ2) is 4.83. The number of rotatable bonds is 2. The van der Waals surface area contributed by atoms with Crippen molar-refractivity contribution in [2.24, 2.45) is 5.92 Å². The summed E-state index contributed by atoms with van der Waals surface area (Å²) in [4.78, 5) is 15.1. The van der Waals surface area contributed by atoms with Gasteiger partial charge in [-0.15, -0.1) is 0 Å². The van der Waals surface area contributed by atoms with Crippen LogP contribution in [0.4, 0.5) is 0 Å². The lowest BCUT2D eigenvalue weighted by Gasteiger charge is -2.25. The molecule has 1 aliphatic rings. The molecule has 1 aromatic rings. The van der Waals surface area contributed by atoms with Crippen molar-refractivity contribution in [1.82, 2.24) is 4.98 Å². The monoisotopic (exact) mass is 239 g/mol. The number of carboxylic acid groups (broad SMARTS) is 1. The predicted octanol–water partition coefficient (Wildman–Crippen LogP) is 3.09. The highest BCUT2D eigenvalue weighted by molar-refractivity contribution is 6.30. The molecule has 1 fully saturated rings. The van der Waals surface area contributed by atoms with Crippen LogP contribution in [0.3, 0.4) is 0 Å². The third-order valence-corrected chi connectivity index (χ3v) is 3.47. The Hall–Kier alpha value is -1.09. The first-order valence-electron chi connectivity index (χ1n) is 5.51. The van der Waals surface area contributed by atoms with Crippen molar-refractivity contribution in [1.29, 1.82) is 0 Å². The molecule has 1 heterocycles. The van der Waals surface area contributed by atoms with Crippen molar-refractivity contribution in [2.45, 2.75) is 31.6 Å². The molecule has 3 nitrogen and oxygen atoms in total. The van der Waals surface area contributed by atoms with E-state index in [0.717, 1.165) is 31.4 Å². The van der Waals surface area contributed by atoms with Crippen LogP contribution in [0, 0.1) is 5.92 Å². The number of hydrogen-bond acceptors (Lipinski definition) is 2. The van der Waals surface area contributed by atoms with Gasteiger partial charge in [-0.2, -0.15) is 0 Å². The highest BCUT2D eigenvalue weighted by Gasteiger charge is 2.27. The number of hydrogen-bond donors (Lipinski definition) is 1. The highest BCUT2D eigenvalue weighted by atomic mass is 35.5. The molecule has 1 saturated carbocycles. The fourth-order valence-corrected chi connectivity index (χ4v) is 2.45. The Morgan fingerprint density at radius 3 is 2.62 bits per heavy atom. The molecule has 1 aromatic heterocycles. The van der Waals surface area contributed by atoms with Crippen molar-refractivity contribution in [2.75, 3.05) is 0 Å². The van der Waals surface area contributed by atoms with Gasteiger partial charge in [0.05, 0.1) is 5.92 Å². The Balaban J connectivity index is 2.01. The molecule has 86 valence electrons. The van der Waals surface area contributed by atoms with Crippen LogP contribution in [0.25, 0.3) is 0 Å². The van der Waals surface area contributed by atoms with E-state index in [0.29, 0.717) is 10.9 Å². The lowest BCUT2D eigenvalue weighted by Crippen LogP contribution is -2.20. The maximum Gasteiger partial charge on any atom is 0.306 e. The van der Waals surface area contributed by atoms with Crippen LogP contribution in [0.5, 0.6) is 0 Å². The van der Waals surface area contributed by atoms with Crippen LogP contribution in [0.1, 0.15) is 37.3 Å². The standard InChI is InChI=1S/C12H14ClNO2/c13-10-5-6-14-11(7-10)8-1-3-9(4-2-8)12(15)16/h5-9H,1-4H2,(H,15,16). The molecular weight excluding hydrogens is 226 g/mol. The van der Waals surface area contributed by atoms with Gasteiger partial charge >= 0.3 is 5.97 Å². The van der Waals surface area contributed by atoms with E-state index in [4.69, 9.17) is 16.7 Å². The molecule has 0 spiro atoms. The molecule has 0 amide bonds. The summed E-state index contributed by atoms with van der Waals surface area (Å²) in [6.45, 7) is 0. The minimum atomic E-state index is -0.669. The maximum absolute atomic E-state index is 10.8. The van der Waals surface area contributed by atoms with Gasteiger partial charge in [0.2, 0.25) is 0 Å². The highest BCUT2D eigenvalue weighted by Crippen LogP contribution is 2.35. The summed E-state index contributed by atoms with van der Waals surface area (Å²) in [5, 5.41) is 9.60. The summed E-state index contributed by atoms with van der Waals surface area (Å²) in [5.41, 5.74) is 0.997. The summed E-state index contributed by atoms with van der Waals surface area (Å²) in [6.07, 6.45) is 4.98. The molecule has 0 radical (unpaired) electrons. The van der Waals surface area contributed by atoms with Crippen molar-refractivity contribution >= 4 is 17.6 Å². The molecule has 0 atom stereocenters. The largest absolute Gasteiger partial charge is 0.481 e. The zero-order valence-corrected chi connectivity index (χ0v) is 9.65. The Bertz CT molecular complexity index is 386. The number of halogens is 1. The van der Waals surface area contributed by atoms with E-state index in [1.165, 1.54) is 0 Å². The summed E-state index contributed by atoms with van der Waals surface area (Å²) in [5.74, 6) is -0.470. The minimum Gasteiger partial charge on any atom is -0.481 e. The van der Waals surface area contributed by atoms with E-state index in [-0.39, 0.29) is 5.92 Å². The maximum atomic E-state index is 10.8. The summed E-state index contributed by atoms with van der Waals surface area (Å²) in [7, 11) is 0. The van der Waals surface area contributed by atoms with Crippen molar-refractivity contribution < 1.29 is 9.90 Å². The molecular formula is C12H14ClNO2. The Labute approximate surface area is 99.5 Å². The molecule has 16 heavy (non-hydrogen) atoms. The van der Waals surface area contributed by atoms with Crippen LogP contribution in [-0.4, -0.2) is 16.1 Å². The second-order valence-corrected chi connectivity index (χ2v) is 4.72. The Morgan fingerprint density at radius 1 is 1.38 bits per heavy atom. The molecule has 0 saturated heterocycles. The van der Waals surface area contributed by atoms with E-state index in [1.54, 1.807) is 12.3 Å². The van der Waals surface area contributed by atoms with Gasteiger partial charge in [-0.3, -0.25) is 9.78 Å². The van der Waals surface area contributed by atoms with Crippen LogP contribution in [-0.2, 0) is 4.79 Å². The molecule has 1 aliphatic carbocycles. The van der Waals surface area contributed by atoms with Gasteiger partial charge in [0.1, 0.15) is 0 Å². The van der Waals surface area contributed by atoms with E-state index >= 15 is 0 Å². The van der Waals surface area contributed by atoms with Gasteiger partial charge in [0.25, 0.3) is 0 Å². The Kier molecular flexibility index (Phi) is 3.44. The fraction of sp³-hybridized carbons (Fsp3) is 0.500. The predicted molar refractivity (Wildman–Crippen MR) is 61.6 cm³/mol. The van der Waals surface area contributed by atoms with Gasteiger partial charge < -0.3 is 5.11 Å². The average Bonchev–Trinajstić information content (AvgIpc) is 2.29.